The quantitative estimate of drug-likeness (QED) is 0.486. The van der Waals surface area contributed by atoms with E-state index < -0.39 is 17.8 Å². The average Bonchev–Trinajstić information content (AvgIpc) is 3.55. The number of methoxy groups -OCH3 is 2. The van der Waals surface area contributed by atoms with E-state index in [4.69, 9.17) is 14.2 Å². The number of amides is 1. The third-order valence-corrected chi connectivity index (χ3v) is 7.38. The van der Waals surface area contributed by atoms with Gasteiger partial charge in [0.1, 0.15) is 11.5 Å². The van der Waals surface area contributed by atoms with E-state index in [0.717, 1.165) is 53.0 Å². The molecule has 2 aliphatic rings. The molecule has 2 aliphatic carbocycles. The van der Waals surface area contributed by atoms with Crippen LogP contribution in [0.25, 0.3) is 11.1 Å². The Morgan fingerprint density at radius 3 is 2.23 bits per heavy atom. The monoisotopic (exact) mass is 481 g/mol. The normalized spacial score (nSPS) is 20.1. The summed E-state index contributed by atoms with van der Waals surface area (Å²) in [6.45, 7) is 2.38. The number of carboxylic acids is 1. The van der Waals surface area contributed by atoms with E-state index in [1.54, 1.807) is 14.2 Å². The molecule has 0 bridgehead atoms. The van der Waals surface area contributed by atoms with Crippen LogP contribution in [-0.4, -0.2) is 37.3 Å². The van der Waals surface area contributed by atoms with Gasteiger partial charge in [-0.05, 0) is 73.6 Å². The van der Waals surface area contributed by atoms with Crippen molar-refractivity contribution >= 4 is 17.6 Å². The highest BCUT2D eigenvalue weighted by Gasteiger charge is 2.37. The molecular formula is C28H35NO6. The number of aliphatic carboxylic acids is 1. The van der Waals surface area contributed by atoms with Crippen molar-refractivity contribution in [3.05, 3.63) is 41.5 Å². The maximum atomic E-state index is 12.9. The smallest absolute Gasteiger partial charge is 0.307 e. The number of carbonyl (C=O) groups is 2. The fraction of sp³-hybridized carbons (Fsp3) is 0.500. The van der Waals surface area contributed by atoms with Gasteiger partial charge in [-0.25, -0.2) is 0 Å². The molecule has 0 aliphatic heterocycles. The zero-order valence-corrected chi connectivity index (χ0v) is 20.8. The molecule has 0 aromatic heterocycles. The van der Waals surface area contributed by atoms with Crippen LogP contribution in [0.1, 0.15) is 56.1 Å². The predicted molar refractivity (Wildman–Crippen MR) is 134 cm³/mol. The molecule has 0 saturated heterocycles. The molecule has 7 nitrogen and oxygen atoms in total. The first-order chi connectivity index (χ1) is 16.9. The van der Waals surface area contributed by atoms with E-state index in [9.17, 15) is 14.7 Å². The predicted octanol–water partition coefficient (Wildman–Crippen LogP) is 5.58. The highest BCUT2D eigenvalue weighted by molar-refractivity contribution is 5.95. The highest BCUT2D eigenvalue weighted by atomic mass is 16.5. The van der Waals surface area contributed by atoms with Gasteiger partial charge >= 0.3 is 5.97 Å². The van der Waals surface area contributed by atoms with Crippen LogP contribution in [0.2, 0.25) is 0 Å². The van der Waals surface area contributed by atoms with Crippen LogP contribution in [0.3, 0.4) is 0 Å². The molecule has 188 valence electrons. The van der Waals surface area contributed by atoms with Gasteiger partial charge in [0.25, 0.3) is 0 Å². The zero-order chi connectivity index (χ0) is 24.9. The Hall–Kier alpha value is -3.06. The Kier molecular flexibility index (Phi) is 7.96. The SMILES string of the molecule is COc1cc(-c2ccc(NC(=O)[C@@H]3CCC[C@@H]3C(=O)O)cc2COC2CCCC2)cc(OC)c1C. The molecular weight excluding hydrogens is 446 g/mol. The minimum absolute atomic E-state index is 0.232. The molecule has 0 unspecified atom stereocenters. The summed E-state index contributed by atoms with van der Waals surface area (Å²) in [6, 6.07) is 9.73. The van der Waals surface area contributed by atoms with Crippen LogP contribution in [0.4, 0.5) is 5.69 Å². The van der Waals surface area contributed by atoms with Gasteiger partial charge in [0.05, 0.1) is 38.8 Å². The topological polar surface area (TPSA) is 94.1 Å². The molecule has 2 atom stereocenters. The van der Waals surface area contributed by atoms with Crippen molar-refractivity contribution in [3.63, 3.8) is 0 Å². The number of anilines is 1. The molecule has 35 heavy (non-hydrogen) atoms. The van der Waals surface area contributed by atoms with Gasteiger partial charge in [-0.1, -0.05) is 25.3 Å². The minimum atomic E-state index is -0.897. The Morgan fingerprint density at radius 1 is 0.943 bits per heavy atom. The van der Waals surface area contributed by atoms with Crippen molar-refractivity contribution in [3.8, 4) is 22.6 Å². The Labute approximate surface area is 206 Å². The first-order valence-corrected chi connectivity index (χ1v) is 12.4. The lowest BCUT2D eigenvalue weighted by Gasteiger charge is -2.19. The Balaban J connectivity index is 1.64. The standard InChI is InChI=1S/C28H35NO6/c1-17-25(33-2)14-18(15-26(17)34-3)22-12-11-20(13-19(22)16-35-21-7-4-5-8-21)29-27(30)23-9-6-10-24(23)28(31)32/h11-15,21,23-24H,4-10,16H2,1-3H3,(H,29,30)(H,31,32)/t23-,24+/m1/s1. The summed E-state index contributed by atoms with van der Waals surface area (Å²) < 4.78 is 17.4. The molecule has 2 aromatic carbocycles. The van der Waals surface area contributed by atoms with Gasteiger partial charge in [0.2, 0.25) is 5.91 Å². The van der Waals surface area contributed by atoms with Crippen LogP contribution in [0.5, 0.6) is 11.5 Å². The molecule has 0 spiro atoms. The van der Waals surface area contributed by atoms with Crippen LogP contribution in [0.15, 0.2) is 30.3 Å². The van der Waals surface area contributed by atoms with E-state index in [2.05, 4.69) is 5.32 Å². The molecule has 4 rings (SSSR count). The molecule has 0 radical (unpaired) electrons. The van der Waals surface area contributed by atoms with Gasteiger partial charge in [-0.2, -0.15) is 0 Å². The average molecular weight is 482 g/mol. The first-order valence-electron chi connectivity index (χ1n) is 12.4. The summed E-state index contributed by atoms with van der Waals surface area (Å²) in [5.74, 6) is -0.779. The maximum Gasteiger partial charge on any atom is 0.307 e. The fourth-order valence-corrected chi connectivity index (χ4v) is 5.38. The molecule has 7 heteroatoms. The first kappa shape index (κ1) is 25.0. The molecule has 2 fully saturated rings. The van der Waals surface area contributed by atoms with Crippen molar-refractivity contribution < 1.29 is 28.9 Å². The summed E-state index contributed by atoms with van der Waals surface area (Å²) in [4.78, 5) is 24.5. The van der Waals surface area contributed by atoms with Gasteiger partial charge in [-0.15, -0.1) is 0 Å². The van der Waals surface area contributed by atoms with Crippen molar-refractivity contribution in [1.29, 1.82) is 0 Å². The summed E-state index contributed by atoms with van der Waals surface area (Å²) in [5, 5.41) is 12.4. The van der Waals surface area contributed by atoms with Crippen LogP contribution >= 0.6 is 0 Å². The number of rotatable bonds is 9. The van der Waals surface area contributed by atoms with Crippen molar-refractivity contribution in [1.82, 2.24) is 0 Å². The molecule has 2 N–H and O–H groups in total. The minimum Gasteiger partial charge on any atom is -0.496 e. The van der Waals surface area contributed by atoms with Gasteiger partial charge < -0.3 is 24.6 Å². The molecule has 1 amide bonds. The van der Waals surface area contributed by atoms with Gasteiger partial charge in [0.15, 0.2) is 0 Å². The van der Waals surface area contributed by atoms with Crippen molar-refractivity contribution in [2.45, 2.75) is 64.6 Å². The van der Waals surface area contributed by atoms with Crippen molar-refractivity contribution in [2.24, 2.45) is 11.8 Å². The second kappa shape index (κ2) is 11.1. The van der Waals surface area contributed by atoms with Crippen LogP contribution in [0, 0.1) is 18.8 Å². The number of carboxylic acid groups (broad SMARTS) is 1. The molecule has 0 heterocycles. The number of carbonyl (C=O) groups excluding carboxylic acids is 1. The van der Waals surface area contributed by atoms with E-state index in [0.29, 0.717) is 25.1 Å². The van der Waals surface area contributed by atoms with Gasteiger partial charge in [0, 0.05) is 11.3 Å². The zero-order valence-electron chi connectivity index (χ0n) is 20.8. The summed E-state index contributed by atoms with van der Waals surface area (Å²) in [5.41, 5.74) is 4.43. The lowest BCUT2D eigenvalue weighted by molar-refractivity contribution is -0.145. The van der Waals surface area contributed by atoms with E-state index in [1.807, 2.05) is 37.3 Å². The number of nitrogens with one attached hydrogen (secondary N) is 1. The Bertz CT molecular complexity index is 1050. The van der Waals surface area contributed by atoms with Gasteiger partial charge in [-0.3, -0.25) is 9.59 Å². The van der Waals surface area contributed by atoms with E-state index >= 15 is 0 Å². The second-order valence-electron chi connectivity index (χ2n) is 9.57. The highest BCUT2D eigenvalue weighted by Crippen LogP contribution is 2.38. The second-order valence-corrected chi connectivity index (χ2v) is 9.57. The lowest BCUT2D eigenvalue weighted by atomic mass is 9.94. The third kappa shape index (κ3) is 5.61. The van der Waals surface area contributed by atoms with Crippen molar-refractivity contribution in [2.75, 3.05) is 19.5 Å². The van der Waals surface area contributed by atoms with Crippen LogP contribution < -0.4 is 14.8 Å². The van der Waals surface area contributed by atoms with E-state index in [1.165, 1.54) is 12.8 Å². The lowest BCUT2D eigenvalue weighted by Crippen LogP contribution is -2.30. The largest absolute Gasteiger partial charge is 0.496 e. The number of ether oxygens (including phenoxy) is 3. The number of benzene rings is 2. The van der Waals surface area contributed by atoms with E-state index in [-0.39, 0.29) is 12.0 Å². The maximum absolute atomic E-state index is 12.9. The Morgan fingerprint density at radius 2 is 1.60 bits per heavy atom. The number of hydrogen-bond donors (Lipinski definition) is 2. The summed E-state index contributed by atoms with van der Waals surface area (Å²) in [6.07, 6.45) is 6.65. The summed E-state index contributed by atoms with van der Waals surface area (Å²) in [7, 11) is 3.28. The third-order valence-electron chi connectivity index (χ3n) is 7.38. The van der Waals surface area contributed by atoms with Crippen LogP contribution in [-0.2, 0) is 20.9 Å². The summed E-state index contributed by atoms with van der Waals surface area (Å²) >= 11 is 0. The molecule has 2 saturated carbocycles. The molecule has 2 aromatic rings. The fourth-order valence-electron chi connectivity index (χ4n) is 5.38. The number of hydrogen-bond acceptors (Lipinski definition) is 5.